The summed E-state index contributed by atoms with van der Waals surface area (Å²) in [5.41, 5.74) is 0.611. The zero-order chi connectivity index (χ0) is 14.7. The van der Waals surface area contributed by atoms with Crippen LogP contribution in [-0.4, -0.2) is 55.4 Å². The van der Waals surface area contributed by atoms with Crippen molar-refractivity contribution < 1.29 is 9.84 Å². The predicted molar refractivity (Wildman–Crippen MR) is 78.9 cm³/mol. The van der Waals surface area contributed by atoms with E-state index in [-0.39, 0.29) is 6.61 Å². The number of aliphatic hydroxyl groups excluding tert-OH is 1. The standard InChI is InChI=1S/C16H21N3O2/c17-5-12-1-3-16(4-2-12)21-11-15(20)10-19-8-13-6-18-7-14(13)9-19/h1-4,13-15,18,20H,6-11H2/t13?,14?,15-/m0/s1. The lowest BCUT2D eigenvalue weighted by atomic mass is 10.0. The highest BCUT2D eigenvalue weighted by Crippen LogP contribution is 2.26. The van der Waals surface area contributed by atoms with Crippen LogP contribution in [0, 0.1) is 23.2 Å². The molecule has 2 heterocycles. The minimum atomic E-state index is -0.479. The molecule has 0 spiro atoms. The summed E-state index contributed by atoms with van der Waals surface area (Å²) < 4.78 is 5.57. The largest absolute Gasteiger partial charge is 0.491 e. The summed E-state index contributed by atoms with van der Waals surface area (Å²) in [7, 11) is 0. The first-order valence-corrected chi connectivity index (χ1v) is 7.48. The molecule has 5 heteroatoms. The van der Waals surface area contributed by atoms with Gasteiger partial charge in [-0.1, -0.05) is 0 Å². The molecule has 2 saturated heterocycles. The van der Waals surface area contributed by atoms with Crippen molar-refractivity contribution in [1.29, 1.82) is 5.26 Å². The van der Waals surface area contributed by atoms with E-state index in [1.54, 1.807) is 24.3 Å². The van der Waals surface area contributed by atoms with Crippen LogP contribution < -0.4 is 10.1 Å². The first kappa shape index (κ1) is 14.3. The Bertz CT molecular complexity index is 499. The van der Waals surface area contributed by atoms with E-state index in [1.807, 2.05) is 0 Å². The molecule has 1 aromatic carbocycles. The highest BCUT2D eigenvalue weighted by atomic mass is 16.5. The molecule has 3 rings (SSSR count). The number of hydrogen-bond donors (Lipinski definition) is 2. The molecule has 1 aromatic rings. The van der Waals surface area contributed by atoms with Gasteiger partial charge in [-0.15, -0.1) is 0 Å². The van der Waals surface area contributed by atoms with Crippen LogP contribution in [0.4, 0.5) is 0 Å². The Kier molecular flexibility index (Phi) is 4.39. The highest BCUT2D eigenvalue weighted by Gasteiger charge is 2.36. The number of β-amino-alcohol motifs (C(OH)–C–C–N with tert-alkyl or cyclic N) is 1. The van der Waals surface area contributed by atoms with Gasteiger partial charge in [-0.3, -0.25) is 4.90 Å². The van der Waals surface area contributed by atoms with Crippen molar-refractivity contribution in [2.24, 2.45) is 11.8 Å². The third-order valence-electron chi connectivity index (χ3n) is 4.36. The van der Waals surface area contributed by atoms with Crippen molar-refractivity contribution in [3.8, 4) is 11.8 Å². The molecule has 0 amide bonds. The smallest absolute Gasteiger partial charge is 0.119 e. The molecule has 2 aliphatic rings. The average Bonchev–Trinajstić information content (AvgIpc) is 3.07. The second-order valence-electron chi connectivity index (χ2n) is 6.00. The molecule has 112 valence electrons. The van der Waals surface area contributed by atoms with E-state index in [0.717, 1.165) is 38.0 Å². The van der Waals surface area contributed by atoms with Gasteiger partial charge in [0.2, 0.25) is 0 Å². The summed E-state index contributed by atoms with van der Waals surface area (Å²) in [5, 5.41) is 22.3. The van der Waals surface area contributed by atoms with Crippen molar-refractivity contribution in [3.05, 3.63) is 29.8 Å². The Hall–Kier alpha value is -1.61. The third kappa shape index (κ3) is 3.53. The lowest BCUT2D eigenvalue weighted by molar-refractivity contribution is 0.0736. The second-order valence-corrected chi connectivity index (χ2v) is 6.00. The molecule has 2 N–H and O–H groups in total. The number of rotatable bonds is 5. The normalized spacial score (nSPS) is 26.3. The number of nitrogens with one attached hydrogen (secondary N) is 1. The fourth-order valence-electron chi connectivity index (χ4n) is 3.27. The summed E-state index contributed by atoms with van der Waals surface area (Å²) in [5.74, 6) is 2.18. The van der Waals surface area contributed by atoms with Gasteiger partial charge >= 0.3 is 0 Å². The summed E-state index contributed by atoms with van der Waals surface area (Å²) >= 11 is 0. The highest BCUT2D eigenvalue weighted by molar-refractivity contribution is 5.34. The summed E-state index contributed by atoms with van der Waals surface area (Å²) in [6, 6.07) is 9.03. The van der Waals surface area contributed by atoms with Gasteiger partial charge < -0.3 is 15.2 Å². The first-order valence-electron chi connectivity index (χ1n) is 7.48. The Labute approximate surface area is 125 Å². The quantitative estimate of drug-likeness (QED) is 0.823. The van der Waals surface area contributed by atoms with Crippen LogP contribution in [0.15, 0.2) is 24.3 Å². The zero-order valence-electron chi connectivity index (χ0n) is 12.0. The predicted octanol–water partition coefficient (Wildman–Crippen LogP) is 0.449. The Morgan fingerprint density at radius 1 is 1.29 bits per heavy atom. The molecule has 5 nitrogen and oxygen atoms in total. The fourth-order valence-corrected chi connectivity index (χ4v) is 3.27. The fraction of sp³-hybridized carbons (Fsp3) is 0.562. The molecule has 0 radical (unpaired) electrons. The van der Waals surface area contributed by atoms with Gasteiger partial charge in [0.05, 0.1) is 11.6 Å². The molecule has 0 aromatic heterocycles. The van der Waals surface area contributed by atoms with Crippen LogP contribution >= 0.6 is 0 Å². The number of fused-ring (bicyclic) bond motifs is 1. The molecular weight excluding hydrogens is 266 g/mol. The van der Waals surface area contributed by atoms with E-state index < -0.39 is 6.10 Å². The average molecular weight is 287 g/mol. The first-order chi connectivity index (χ1) is 10.2. The lowest BCUT2D eigenvalue weighted by Gasteiger charge is -2.21. The summed E-state index contributed by atoms with van der Waals surface area (Å²) in [4.78, 5) is 2.34. The van der Waals surface area contributed by atoms with Gasteiger partial charge in [0.25, 0.3) is 0 Å². The molecule has 2 unspecified atom stereocenters. The topological polar surface area (TPSA) is 68.5 Å². The van der Waals surface area contributed by atoms with Crippen molar-refractivity contribution in [2.45, 2.75) is 6.10 Å². The maximum Gasteiger partial charge on any atom is 0.119 e. The molecule has 2 aliphatic heterocycles. The molecular formula is C16H21N3O2. The number of aliphatic hydroxyl groups is 1. The van der Waals surface area contributed by atoms with Gasteiger partial charge in [0, 0.05) is 19.6 Å². The molecule has 0 bridgehead atoms. The molecule has 21 heavy (non-hydrogen) atoms. The third-order valence-corrected chi connectivity index (χ3v) is 4.36. The van der Waals surface area contributed by atoms with Crippen LogP contribution in [0.3, 0.4) is 0 Å². The molecule has 0 saturated carbocycles. The van der Waals surface area contributed by atoms with Gasteiger partial charge in [-0.25, -0.2) is 0 Å². The van der Waals surface area contributed by atoms with E-state index >= 15 is 0 Å². The van der Waals surface area contributed by atoms with Crippen LogP contribution in [-0.2, 0) is 0 Å². The van der Waals surface area contributed by atoms with E-state index in [4.69, 9.17) is 10.00 Å². The Morgan fingerprint density at radius 3 is 2.57 bits per heavy atom. The number of likely N-dealkylation sites (tertiary alicyclic amines) is 1. The SMILES string of the molecule is N#Cc1ccc(OC[C@@H](O)CN2CC3CNCC3C2)cc1. The minimum absolute atomic E-state index is 0.288. The van der Waals surface area contributed by atoms with E-state index in [0.29, 0.717) is 17.9 Å². The van der Waals surface area contributed by atoms with E-state index in [9.17, 15) is 5.11 Å². The Balaban J connectivity index is 1.42. The van der Waals surface area contributed by atoms with Gasteiger partial charge in [0.1, 0.15) is 18.5 Å². The maximum absolute atomic E-state index is 10.1. The van der Waals surface area contributed by atoms with Crippen molar-refractivity contribution >= 4 is 0 Å². The summed E-state index contributed by atoms with van der Waals surface area (Å²) in [6.45, 7) is 5.33. The summed E-state index contributed by atoms with van der Waals surface area (Å²) in [6.07, 6.45) is -0.479. The number of nitriles is 1. The number of hydrogen-bond acceptors (Lipinski definition) is 5. The van der Waals surface area contributed by atoms with E-state index in [2.05, 4.69) is 16.3 Å². The second kappa shape index (κ2) is 6.44. The molecule has 2 fully saturated rings. The number of ether oxygens (including phenoxy) is 1. The van der Waals surface area contributed by atoms with Crippen molar-refractivity contribution in [3.63, 3.8) is 0 Å². The van der Waals surface area contributed by atoms with Crippen LogP contribution in [0.25, 0.3) is 0 Å². The van der Waals surface area contributed by atoms with Crippen molar-refractivity contribution in [2.75, 3.05) is 39.3 Å². The van der Waals surface area contributed by atoms with Crippen LogP contribution in [0.2, 0.25) is 0 Å². The van der Waals surface area contributed by atoms with Crippen LogP contribution in [0.5, 0.6) is 5.75 Å². The Morgan fingerprint density at radius 2 is 1.95 bits per heavy atom. The van der Waals surface area contributed by atoms with Gasteiger partial charge in [-0.05, 0) is 49.2 Å². The monoisotopic (exact) mass is 287 g/mol. The number of benzene rings is 1. The van der Waals surface area contributed by atoms with Crippen LogP contribution in [0.1, 0.15) is 5.56 Å². The maximum atomic E-state index is 10.1. The van der Waals surface area contributed by atoms with Gasteiger partial charge in [0.15, 0.2) is 0 Å². The molecule has 3 atom stereocenters. The number of nitrogens with zero attached hydrogens (tertiary/aromatic N) is 2. The zero-order valence-corrected chi connectivity index (χ0v) is 12.0. The minimum Gasteiger partial charge on any atom is -0.491 e. The molecule has 0 aliphatic carbocycles. The van der Waals surface area contributed by atoms with E-state index in [1.165, 1.54) is 0 Å². The van der Waals surface area contributed by atoms with Gasteiger partial charge in [-0.2, -0.15) is 5.26 Å². The van der Waals surface area contributed by atoms with Crippen molar-refractivity contribution in [1.82, 2.24) is 10.2 Å². The lowest BCUT2D eigenvalue weighted by Crippen LogP contribution is -2.36.